The Morgan fingerprint density at radius 3 is 2.46 bits per heavy atom. The molecular formula is C9H6ClNS2. The fourth-order valence-corrected chi connectivity index (χ4v) is 2.10. The van der Waals surface area contributed by atoms with Gasteiger partial charge in [0.2, 0.25) is 0 Å². The molecule has 1 nitrogen and oxygen atoms in total. The summed E-state index contributed by atoms with van der Waals surface area (Å²) in [7, 11) is 0. The zero-order valence-corrected chi connectivity index (χ0v) is 8.99. The average molecular weight is 228 g/mol. The number of thiazole rings is 1. The predicted molar refractivity (Wildman–Crippen MR) is 59.5 cm³/mol. The van der Waals surface area contributed by atoms with E-state index in [1.807, 2.05) is 40.4 Å². The van der Waals surface area contributed by atoms with Crippen LogP contribution in [0.4, 0.5) is 0 Å². The molecule has 0 aliphatic rings. The molecule has 66 valence electrons. The van der Waals surface area contributed by atoms with E-state index in [1.54, 1.807) is 11.3 Å². The van der Waals surface area contributed by atoms with E-state index in [1.165, 1.54) is 0 Å². The Hall–Kier alpha value is -0.640. The Labute approximate surface area is 90.2 Å². The quantitative estimate of drug-likeness (QED) is 0.669. The zero-order chi connectivity index (χ0) is 9.26. The van der Waals surface area contributed by atoms with Crippen LogP contribution in [-0.4, -0.2) is 4.57 Å². The normalized spacial score (nSPS) is 10.2. The van der Waals surface area contributed by atoms with Crippen molar-refractivity contribution in [1.29, 1.82) is 0 Å². The van der Waals surface area contributed by atoms with Crippen LogP contribution in [0.3, 0.4) is 0 Å². The van der Waals surface area contributed by atoms with Crippen LogP contribution in [0.5, 0.6) is 0 Å². The predicted octanol–water partition coefficient (Wildman–Crippen LogP) is 3.92. The molecule has 0 radical (unpaired) electrons. The van der Waals surface area contributed by atoms with Gasteiger partial charge in [-0.25, -0.2) is 0 Å². The molecule has 1 heterocycles. The number of hydrogen-bond acceptors (Lipinski definition) is 2. The molecule has 2 rings (SSSR count). The molecule has 0 spiro atoms. The lowest BCUT2D eigenvalue weighted by molar-refractivity contribution is 1.07. The van der Waals surface area contributed by atoms with Crippen LogP contribution in [-0.2, 0) is 0 Å². The monoisotopic (exact) mass is 227 g/mol. The summed E-state index contributed by atoms with van der Waals surface area (Å²) in [6.45, 7) is 0. The fraction of sp³-hybridized carbons (Fsp3) is 0. The van der Waals surface area contributed by atoms with Crippen molar-refractivity contribution in [2.75, 3.05) is 0 Å². The summed E-state index contributed by atoms with van der Waals surface area (Å²) >= 11 is 12.5. The van der Waals surface area contributed by atoms with E-state index in [0.29, 0.717) is 0 Å². The largest absolute Gasteiger partial charge is 0.299 e. The summed E-state index contributed by atoms with van der Waals surface area (Å²) in [5.74, 6) is 0. The van der Waals surface area contributed by atoms with Gasteiger partial charge in [-0.1, -0.05) is 11.6 Å². The minimum Gasteiger partial charge on any atom is -0.299 e. The SMILES string of the molecule is S=c1sccn1-c1ccc(Cl)cc1. The van der Waals surface area contributed by atoms with Gasteiger partial charge in [0.05, 0.1) is 0 Å². The second-order valence-corrected chi connectivity index (χ2v) is 4.49. The van der Waals surface area contributed by atoms with E-state index < -0.39 is 0 Å². The van der Waals surface area contributed by atoms with E-state index in [2.05, 4.69) is 0 Å². The third kappa shape index (κ3) is 1.82. The van der Waals surface area contributed by atoms with E-state index in [-0.39, 0.29) is 0 Å². The van der Waals surface area contributed by atoms with Gasteiger partial charge in [-0.15, -0.1) is 11.3 Å². The van der Waals surface area contributed by atoms with Crippen molar-refractivity contribution in [1.82, 2.24) is 4.57 Å². The maximum Gasteiger partial charge on any atom is 0.165 e. The van der Waals surface area contributed by atoms with Gasteiger partial charge in [-0.05, 0) is 36.5 Å². The molecule has 0 unspecified atom stereocenters. The standard InChI is InChI=1S/C9H6ClNS2/c10-7-1-3-8(4-2-7)11-5-6-13-9(11)12/h1-6H. The van der Waals surface area contributed by atoms with Crippen molar-refractivity contribution in [2.24, 2.45) is 0 Å². The summed E-state index contributed by atoms with van der Waals surface area (Å²) in [6.07, 6.45) is 1.95. The Balaban J connectivity index is 2.54. The molecule has 0 N–H and O–H groups in total. The first kappa shape index (κ1) is 8.94. The molecule has 2 aromatic rings. The summed E-state index contributed by atoms with van der Waals surface area (Å²) < 4.78 is 2.80. The van der Waals surface area contributed by atoms with Crippen LogP contribution >= 0.6 is 35.2 Å². The number of rotatable bonds is 1. The zero-order valence-electron chi connectivity index (χ0n) is 6.61. The summed E-state index contributed by atoms with van der Waals surface area (Å²) in [4.78, 5) is 0. The molecular weight excluding hydrogens is 222 g/mol. The van der Waals surface area contributed by atoms with Crippen molar-refractivity contribution in [3.8, 4) is 5.69 Å². The smallest absolute Gasteiger partial charge is 0.165 e. The van der Waals surface area contributed by atoms with E-state index in [0.717, 1.165) is 14.7 Å². The lowest BCUT2D eigenvalue weighted by Crippen LogP contribution is -1.89. The molecule has 0 saturated heterocycles. The third-order valence-corrected chi connectivity index (χ3v) is 3.07. The molecule has 0 amide bonds. The first-order valence-corrected chi connectivity index (χ1v) is 5.36. The first-order valence-electron chi connectivity index (χ1n) is 3.69. The maximum absolute atomic E-state index is 5.78. The minimum atomic E-state index is 0.741. The Morgan fingerprint density at radius 1 is 1.23 bits per heavy atom. The Morgan fingerprint density at radius 2 is 1.92 bits per heavy atom. The van der Waals surface area contributed by atoms with Crippen LogP contribution < -0.4 is 0 Å². The van der Waals surface area contributed by atoms with Gasteiger partial charge < -0.3 is 0 Å². The highest BCUT2D eigenvalue weighted by atomic mass is 35.5. The number of hydrogen-bond donors (Lipinski definition) is 0. The molecule has 0 bridgehead atoms. The van der Waals surface area contributed by atoms with Gasteiger partial charge in [-0.2, -0.15) is 0 Å². The molecule has 1 aromatic heterocycles. The van der Waals surface area contributed by atoms with Gasteiger partial charge >= 0.3 is 0 Å². The van der Waals surface area contributed by atoms with Crippen molar-refractivity contribution in [3.05, 3.63) is 44.8 Å². The van der Waals surface area contributed by atoms with Crippen LogP contribution in [0.1, 0.15) is 0 Å². The molecule has 0 atom stereocenters. The van der Waals surface area contributed by atoms with Crippen molar-refractivity contribution in [2.45, 2.75) is 0 Å². The lowest BCUT2D eigenvalue weighted by Gasteiger charge is -2.00. The summed E-state index contributed by atoms with van der Waals surface area (Å²) in [5, 5.41) is 2.71. The number of aromatic nitrogens is 1. The van der Waals surface area contributed by atoms with E-state index in [9.17, 15) is 0 Å². The van der Waals surface area contributed by atoms with Crippen LogP contribution in [0.2, 0.25) is 5.02 Å². The topological polar surface area (TPSA) is 4.93 Å². The molecule has 4 heteroatoms. The third-order valence-electron chi connectivity index (χ3n) is 1.68. The summed E-state index contributed by atoms with van der Waals surface area (Å²) in [6, 6.07) is 7.61. The van der Waals surface area contributed by atoms with E-state index >= 15 is 0 Å². The highest BCUT2D eigenvalue weighted by Gasteiger charge is 1.96. The summed E-state index contributed by atoms with van der Waals surface area (Å²) in [5.41, 5.74) is 1.05. The average Bonchev–Trinajstić information content (AvgIpc) is 2.53. The van der Waals surface area contributed by atoms with Gasteiger partial charge in [0, 0.05) is 22.3 Å². The lowest BCUT2D eigenvalue weighted by atomic mass is 10.3. The van der Waals surface area contributed by atoms with Gasteiger partial charge in [-0.3, -0.25) is 4.57 Å². The van der Waals surface area contributed by atoms with E-state index in [4.69, 9.17) is 23.8 Å². The van der Waals surface area contributed by atoms with Crippen molar-refractivity contribution >= 4 is 35.2 Å². The van der Waals surface area contributed by atoms with Crippen molar-refractivity contribution in [3.63, 3.8) is 0 Å². The number of nitrogens with zero attached hydrogens (tertiary/aromatic N) is 1. The molecule has 0 aliphatic carbocycles. The van der Waals surface area contributed by atoms with Crippen LogP contribution in [0.25, 0.3) is 5.69 Å². The minimum absolute atomic E-state index is 0.741. The molecule has 1 aromatic carbocycles. The molecule has 0 saturated carbocycles. The van der Waals surface area contributed by atoms with Crippen LogP contribution in [0.15, 0.2) is 35.8 Å². The van der Waals surface area contributed by atoms with Gasteiger partial charge in [0.15, 0.2) is 3.95 Å². The highest BCUT2D eigenvalue weighted by molar-refractivity contribution is 7.73. The number of benzene rings is 1. The Bertz CT molecular complexity index is 455. The number of halogens is 1. The van der Waals surface area contributed by atoms with Gasteiger partial charge in [0.25, 0.3) is 0 Å². The molecule has 0 aliphatic heterocycles. The maximum atomic E-state index is 5.78. The highest BCUT2D eigenvalue weighted by Crippen LogP contribution is 2.15. The Kier molecular flexibility index (Phi) is 2.49. The second-order valence-electron chi connectivity index (χ2n) is 2.52. The molecule has 13 heavy (non-hydrogen) atoms. The van der Waals surface area contributed by atoms with Crippen molar-refractivity contribution < 1.29 is 0 Å². The van der Waals surface area contributed by atoms with Crippen LogP contribution in [0, 0.1) is 3.95 Å². The fourth-order valence-electron chi connectivity index (χ4n) is 1.06. The first-order chi connectivity index (χ1) is 6.27. The van der Waals surface area contributed by atoms with Gasteiger partial charge in [0.1, 0.15) is 0 Å². The second kappa shape index (κ2) is 3.62. The molecule has 0 fully saturated rings.